The lowest BCUT2D eigenvalue weighted by Gasteiger charge is -2.05. The topological polar surface area (TPSA) is 41.6 Å². The van der Waals surface area contributed by atoms with Crippen molar-refractivity contribution in [2.45, 2.75) is 20.0 Å². The fourth-order valence-electron chi connectivity index (χ4n) is 1.38. The first kappa shape index (κ1) is 10.2. The van der Waals surface area contributed by atoms with Crippen molar-refractivity contribution in [1.82, 2.24) is 5.32 Å². The zero-order valence-corrected chi connectivity index (χ0v) is 9.04. The highest BCUT2D eigenvalue weighted by Crippen LogP contribution is 2.10. The van der Waals surface area contributed by atoms with Crippen molar-refractivity contribution in [3.8, 4) is 0 Å². The third kappa shape index (κ3) is 2.57. The second-order valence-corrected chi connectivity index (χ2v) is 3.96. The minimum absolute atomic E-state index is 0.0198. The minimum Gasteiger partial charge on any atom is -0.371 e. The zero-order valence-electron chi connectivity index (χ0n) is 9.04. The van der Waals surface area contributed by atoms with Crippen molar-refractivity contribution >= 4 is 5.91 Å². The van der Waals surface area contributed by atoms with Crippen LogP contribution in [0.15, 0.2) is 18.2 Å². The Balaban J connectivity index is 2.00. The van der Waals surface area contributed by atoms with Crippen molar-refractivity contribution in [3.05, 3.63) is 34.9 Å². The number of nitrogens with one attached hydrogen (secondary N) is 1. The molecule has 15 heavy (non-hydrogen) atoms. The lowest BCUT2D eigenvalue weighted by Crippen LogP contribution is -2.27. The van der Waals surface area contributed by atoms with E-state index in [0.29, 0.717) is 6.54 Å². The summed E-state index contributed by atoms with van der Waals surface area (Å²) in [6, 6.07) is 5.74. The number of aryl methyl sites for hydroxylation is 2. The first-order valence-corrected chi connectivity index (χ1v) is 5.14. The van der Waals surface area contributed by atoms with Crippen LogP contribution < -0.4 is 5.32 Å². The van der Waals surface area contributed by atoms with Crippen LogP contribution >= 0.6 is 0 Å². The Morgan fingerprint density at radius 1 is 1.47 bits per heavy atom. The van der Waals surface area contributed by atoms with E-state index in [1.54, 1.807) is 0 Å². The molecule has 1 aromatic carbocycles. The SMILES string of the molecule is Cc1ccc(C(=O)NC[C@@H]2CO2)cc1C. The van der Waals surface area contributed by atoms with E-state index in [2.05, 4.69) is 5.32 Å². The van der Waals surface area contributed by atoms with Gasteiger partial charge in [0.05, 0.1) is 12.7 Å². The van der Waals surface area contributed by atoms with E-state index in [4.69, 9.17) is 4.74 Å². The van der Waals surface area contributed by atoms with E-state index in [1.165, 1.54) is 5.56 Å². The molecule has 1 aliphatic rings. The van der Waals surface area contributed by atoms with Crippen LogP contribution in [-0.4, -0.2) is 25.2 Å². The quantitative estimate of drug-likeness (QED) is 0.758. The number of epoxide rings is 1. The number of ether oxygens (including phenoxy) is 1. The maximum atomic E-state index is 11.7. The van der Waals surface area contributed by atoms with Crippen LogP contribution in [0.2, 0.25) is 0 Å². The normalized spacial score (nSPS) is 18.7. The van der Waals surface area contributed by atoms with Crippen LogP contribution in [0.25, 0.3) is 0 Å². The van der Waals surface area contributed by atoms with Crippen LogP contribution in [0.1, 0.15) is 21.5 Å². The average molecular weight is 205 g/mol. The van der Waals surface area contributed by atoms with Gasteiger partial charge in [0.2, 0.25) is 0 Å². The van der Waals surface area contributed by atoms with Gasteiger partial charge in [-0.25, -0.2) is 0 Å². The third-order valence-electron chi connectivity index (χ3n) is 2.66. The molecule has 0 aliphatic carbocycles. The van der Waals surface area contributed by atoms with Crippen LogP contribution in [0.4, 0.5) is 0 Å². The number of benzene rings is 1. The lowest BCUT2D eigenvalue weighted by atomic mass is 10.1. The van der Waals surface area contributed by atoms with Crippen molar-refractivity contribution in [1.29, 1.82) is 0 Å². The summed E-state index contributed by atoms with van der Waals surface area (Å²) in [5, 5.41) is 2.84. The van der Waals surface area contributed by atoms with Gasteiger partial charge in [0.15, 0.2) is 0 Å². The predicted octanol–water partition coefficient (Wildman–Crippen LogP) is 1.43. The van der Waals surface area contributed by atoms with Gasteiger partial charge in [-0.2, -0.15) is 0 Å². The summed E-state index contributed by atoms with van der Waals surface area (Å²) in [7, 11) is 0. The Morgan fingerprint density at radius 3 is 2.80 bits per heavy atom. The molecule has 0 saturated carbocycles. The van der Waals surface area contributed by atoms with Gasteiger partial charge in [-0.05, 0) is 37.1 Å². The van der Waals surface area contributed by atoms with Crippen molar-refractivity contribution in [3.63, 3.8) is 0 Å². The molecule has 0 unspecified atom stereocenters. The molecule has 1 heterocycles. The Labute approximate surface area is 89.4 Å². The molecule has 1 N–H and O–H groups in total. The number of hydrogen-bond acceptors (Lipinski definition) is 2. The summed E-state index contributed by atoms with van der Waals surface area (Å²) in [6.45, 7) is 5.43. The zero-order chi connectivity index (χ0) is 10.8. The van der Waals surface area contributed by atoms with Gasteiger partial charge in [0.25, 0.3) is 5.91 Å². The number of rotatable bonds is 3. The first-order chi connectivity index (χ1) is 7.16. The summed E-state index contributed by atoms with van der Waals surface area (Å²) in [5.41, 5.74) is 3.07. The molecule has 1 fully saturated rings. The molecule has 80 valence electrons. The molecule has 1 amide bonds. The molecule has 0 spiro atoms. The third-order valence-corrected chi connectivity index (χ3v) is 2.66. The summed E-state index contributed by atoms with van der Waals surface area (Å²) < 4.78 is 5.02. The Hall–Kier alpha value is -1.35. The highest BCUT2D eigenvalue weighted by Gasteiger charge is 2.22. The van der Waals surface area contributed by atoms with Gasteiger partial charge in [-0.15, -0.1) is 0 Å². The van der Waals surface area contributed by atoms with Gasteiger partial charge >= 0.3 is 0 Å². The lowest BCUT2D eigenvalue weighted by molar-refractivity contribution is 0.0950. The number of amides is 1. The molecule has 1 aliphatic heterocycles. The number of carbonyl (C=O) groups excluding carboxylic acids is 1. The van der Waals surface area contributed by atoms with Gasteiger partial charge in [0, 0.05) is 12.1 Å². The number of carbonyl (C=O) groups is 1. The fraction of sp³-hybridized carbons (Fsp3) is 0.417. The van der Waals surface area contributed by atoms with Crippen LogP contribution in [0.5, 0.6) is 0 Å². The molecule has 0 bridgehead atoms. The molecule has 2 rings (SSSR count). The largest absolute Gasteiger partial charge is 0.371 e. The highest BCUT2D eigenvalue weighted by molar-refractivity contribution is 5.94. The maximum absolute atomic E-state index is 11.7. The maximum Gasteiger partial charge on any atom is 0.251 e. The smallest absolute Gasteiger partial charge is 0.251 e. The molecule has 1 saturated heterocycles. The van der Waals surface area contributed by atoms with E-state index < -0.39 is 0 Å². The Kier molecular flexibility index (Phi) is 2.73. The van der Waals surface area contributed by atoms with E-state index in [9.17, 15) is 4.79 Å². The summed E-state index contributed by atoms with van der Waals surface area (Å²) in [6.07, 6.45) is 0.237. The van der Waals surface area contributed by atoms with E-state index in [-0.39, 0.29) is 12.0 Å². The fourth-order valence-corrected chi connectivity index (χ4v) is 1.38. The van der Waals surface area contributed by atoms with Crippen molar-refractivity contribution in [2.24, 2.45) is 0 Å². The van der Waals surface area contributed by atoms with Crippen LogP contribution in [0, 0.1) is 13.8 Å². The van der Waals surface area contributed by atoms with E-state index in [1.807, 2.05) is 32.0 Å². The van der Waals surface area contributed by atoms with Crippen molar-refractivity contribution in [2.75, 3.05) is 13.2 Å². The first-order valence-electron chi connectivity index (χ1n) is 5.14. The van der Waals surface area contributed by atoms with Gasteiger partial charge in [-0.3, -0.25) is 4.79 Å². The highest BCUT2D eigenvalue weighted by atomic mass is 16.6. The molecule has 3 heteroatoms. The molecule has 1 aromatic rings. The van der Waals surface area contributed by atoms with Crippen LogP contribution in [-0.2, 0) is 4.74 Å². The van der Waals surface area contributed by atoms with Gasteiger partial charge < -0.3 is 10.1 Å². The predicted molar refractivity (Wildman–Crippen MR) is 58.0 cm³/mol. The molecule has 0 radical (unpaired) electrons. The van der Waals surface area contributed by atoms with Crippen LogP contribution in [0.3, 0.4) is 0 Å². The summed E-state index contributed by atoms with van der Waals surface area (Å²) in [5.74, 6) is -0.0198. The van der Waals surface area contributed by atoms with Crippen molar-refractivity contribution < 1.29 is 9.53 Å². The van der Waals surface area contributed by atoms with Gasteiger partial charge in [-0.1, -0.05) is 6.07 Å². The number of hydrogen-bond donors (Lipinski definition) is 1. The molecular formula is C12H15NO2. The Bertz CT molecular complexity index is 383. The summed E-state index contributed by atoms with van der Waals surface area (Å²) >= 11 is 0. The minimum atomic E-state index is -0.0198. The molecule has 1 atom stereocenters. The van der Waals surface area contributed by atoms with Gasteiger partial charge in [0.1, 0.15) is 0 Å². The molecule has 0 aromatic heterocycles. The summed E-state index contributed by atoms with van der Waals surface area (Å²) in [4.78, 5) is 11.7. The average Bonchev–Trinajstić information content (AvgIpc) is 3.02. The Morgan fingerprint density at radius 2 is 2.20 bits per heavy atom. The van der Waals surface area contributed by atoms with E-state index >= 15 is 0 Å². The standard InChI is InChI=1S/C12H15NO2/c1-8-3-4-10(5-9(8)2)12(14)13-6-11-7-15-11/h3-5,11H,6-7H2,1-2H3,(H,13,14)/t11-/m1/s1. The van der Waals surface area contributed by atoms with E-state index in [0.717, 1.165) is 17.7 Å². The second kappa shape index (κ2) is 4.03. The molecule has 3 nitrogen and oxygen atoms in total. The molecular weight excluding hydrogens is 190 g/mol. The monoisotopic (exact) mass is 205 g/mol. The second-order valence-electron chi connectivity index (χ2n) is 3.96.